The number of rotatable bonds is 1. The van der Waals surface area contributed by atoms with Gasteiger partial charge < -0.3 is 9.47 Å². The first-order valence-corrected chi connectivity index (χ1v) is 7.25. The first-order chi connectivity index (χ1) is 9.71. The molecule has 6 nitrogen and oxygen atoms in total. The third kappa shape index (κ3) is 3.53. The van der Waals surface area contributed by atoms with Crippen molar-refractivity contribution in [1.82, 2.24) is 9.88 Å². The van der Waals surface area contributed by atoms with Crippen LogP contribution in [0.3, 0.4) is 0 Å². The summed E-state index contributed by atoms with van der Waals surface area (Å²) in [6.07, 6.45) is -0.392. The molecule has 1 aromatic heterocycles. The number of carbonyl (C=O) groups excluding carboxylic acids is 2. The molecule has 0 saturated carbocycles. The van der Waals surface area contributed by atoms with Crippen molar-refractivity contribution in [3.63, 3.8) is 0 Å². The minimum atomic E-state index is -0.545. The molecule has 0 radical (unpaired) electrons. The molecular weight excluding hydrogens is 340 g/mol. The Morgan fingerprint density at radius 2 is 2.00 bits per heavy atom. The first kappa shape index (κ1) is 15.8. The number of fused-ring (bicyclic) bond motifs is 1. The molecule has 1 aromatic rings. The molecular formula is C14H17BrN2O4. The van der Waals surface area contributed by atoms with Gasteiger partial charge in [-0.15, -0.1) is 0 Å². The monoisotopic (exact) mass is 356 g/mol. The zero-order valence-corrected chi connectivity index (χ0v) is 14.0. The summed E-state index contributed by atoms with van der Waals surface area (Å²) in [5, 5.41) is 0. The van der Waals surface area contributed by atoms with E-state index in [0.29, 0.717) is 23.3 Å². The van der Waals surface area contributed by atoms with Crippen LogP contribution in [-0.2, 0) is 22.6 Å². The molecule has 0 aromatic carbocycles. The fourth-order valence-corrected chi connectivity index (χ4v) is 2.48. The SMILES string of the molecule is COC(=O)c1cc2c(nc1Br)CN(C(=O)OC(C)(C)C)C2. The number of aromatic nitrogens is 1. The highest BCUT2D eigenvalue weighted by molar-refractivity contribution is 9.10. The van der Waals surface area contributed by atoms with Gasteiger partial charge in [-0.2, -0.15) is 0 Å². The van der Waals surface area contributed by atoms with E-state index in [1.807, 2.05) is 20.8 Å². The number of hydrogen-bond acceptors (Lipinski definition) is 5. The summed E-state index contributed by atoms with van der Waals surface area (Å²) in [7, 11) is 1.31. The minimum absolute atomic E-state index is 0.349. The topological polar surface area (TPSA) is 68.7 Å². The van der Waals surface area contributed by atoms with Gasteiger partial charge in [-0.1, -0.05) is 0 Å². The maximum Gasteiger partial charge on any atom is 0.410 e. The average Bonchev–Trinajstić information content (AvgIpc) is 2.77. The van der Waals surface area contributed by atoms with Crippen molar-refractivity contribution in [2.45, 2.75) is 39.5 Å². The molecule has 0 aliphatic carbocycles. The first-order valence-electron chi connectivity index (χ1n) is 6.46. The highest BCUT2D eigenvalue weighted by Gasteiger charge is 2.30. The van der Waals surface area contributed by atoms with Crippen LogP contribution >= 0.6 is 15.9 Å². The van der Waals surface area contributed by atoms with Crippen LogP contribution < -0.4 is 0 Å². The van der Waals surface area contributed by atoms with Gasteiger partial charge in [0.05, 0.1) is 31.5 Å². The Hall–Kier alpha value is -1.63. The summed E-state index contributed by atoms with van der Waals surface area (Å²) in [4.78, 5) is 29.6. The van der Waals surface area contributed by atoms with Gasteiger partial charge in [0.25, 0.3) is 0 Å². The number of esters is 1. The summed E-state index contributed by atoms with van der Waals surface area (Å²) >= 11 is 3.25. The molecule has 0 atom stereocenters. The zero-order valence-electron chi connectivity index (χ0n) is 12.4. The summed E-state index contributed by atoms with van der Waals surface area (Å²) < 4.78 is 10.5. The van der Waals surface area contributed by atoms with E-state index >= 15 is 0 Å². The van der Waals surface area contributed by atoms with E-state index in [1.165, 1.54) is 7.11 Å². The number of nitrogens with zero attached hydrogens (tertiary/aromatic N) is 2. The number of pyridine rings is 1. The maximum atomic E-state index is 12.1. The molecule has 114 valence electrons. The van der Waals surface area contributed by atoms with Crippen LogP contribution in [0, 0.1) is 0 Å². The molecule has 0 unspecified atom stereocenters. The van der Waals surface area contributed by atoms with E-state index in [2.05, 4.69) is 20.9 Å². The van der Waals surface area contributed by atoms with Gasteiger partial charge in [0.1, 0.15) is 10.2 Å². The average molecular weight is 357 g/mol. The molecule has 0 spiro atoms. The van der Waals surface area contributed by atoms with Crippen molar-refractivity contribution < 1.29 is 19.1 Å². The van der Waals surface area contributed by atoms with E-state index in [0.717, 1.165) is 11.3 Å². The molecule has 7 heteroatoms. The van der Waals surface area contributed by atoms with Crippen LogP contribution in [-0.4, -0.2) is 34.7 Å². The van der Waals surface area contributed by atoms with Crippen LogP contribution in [0.5, 0.6) is 0 Å². The van der Waals surface area contributed by atoms with E-state index in [9.17, 15) is 9.59 Å². The number of amides is 1. The third-order valence-corrected chi connectivity index (χ3v) is 3.51. The number of carbonyl (C=O) groups is 2. The Labute approximate surface area is 131 Å². The molecule has 0 bridgehead atoms. The van der Waals surface area contributed by atoms with Crippen molar-refractivity contribution in [2.24, 2.45) is 0 Å². The number of halogens is 1. The predicted octanol–water partition coefficient (Wildman–Crippen LogP) is 2.88. The van der Waals surface area contributed by atoms with Crippen molar-refractivity contribution in [1.29, 1.82) is 0 Å². The van der Waals surface area contributed by atoms with Crippen LogP contribution in [0.4, 0.5) is 4.79 Å². The van der Waals surface area contributed by atoms with E-state index < -0.39 is 17.7 Å². The fourth-order valence-electron chi connectivity index (χ4n) is 1.99. The molecule has 1 aliphatic heterocycles. The largest absolute Gasteiger partial charge is 0.465 e. The van der Waals surface area contributed by atoms with E-state index in [1.54, 1.807) is 11.0 Å². The summed E-state index contributed by atoms with van der Waals surface area (Å²) in [5.74, 6) is -0.465. The molecule has 1 amide bonds. The lowest BCUT2D eigenvalue weighted by Gasteiger charge is -2.23. The Morgan fingerprint density at radius 1 is 1.33 bits per heavy atom. The van der Waals surface area contributed by atoms with Gasteiger partial charge in [0.2, 0.25) is 0 Å². The predicted molar refractivity (Wildman–Crippen MR) is 78.8 cm³/mol. The Morgan fingerprint density at radius 3 is 2.57 bits per heavy atom. The van der Waals surface area contributed by atoms with Crippen molar-refractivity contribution in [2.75, 3.05) is 7.11 Å². The Balaban J connectivity index is 2.20. The molecule has 21 heavy (non-hydrogen) atoms. The third-order valence-electron chi connectivity index (χ3n) is 2.90. The zero-order chi connectivity index (χ0) is 15.8. The van der Waals surface area contributed by atoms with Gasteiger partial charge in [-0.25, -0.2) is 14.6 Å². The van der Waals surface area contributed by atoms with Gasteiger partial charge in [-0.3, -0.25) is 4.90 Å². The second-order valence-corrected chi connectivity index (χ2v) is 6.51. The number of methoxy groups -OCH3 is 1. The summed E-state index contributed by atoms with van der Waals surface area (Å²) in [6.45, 7) is 6.19. The van der Waals surface area contributed by atoms with Crippen LogP contribution in [0.1, 0.15) is 42.4 Å². The Bertz CT molecular complexity index is 595. The quantitative estimate of drug-likeness (QED) is 0.571. The van der Waals surface area contributed by atoms with Crippen LogP contribution in [0.25, 0.3) is 0 Å². The lowest BCUT2D eigenvalue weighted by Crippen LogP contribution is -2.33. The molecule has 0 fully saturated rings. The molecule has 2 rings (SSSR count). The van der Waals surface area contributed by atoms with E-state index in [-0.39, 0.29) is 0 Å². The standard InChI is InChI=1S/C14H17BrN2O4/c1-14(2,3)21-13(19)17-6-8-5-9(12(18)20-4)11(15)16-10(8)7-17/h5H,6-7H2,1-4H3. The summed E-state index contributed by atoms with van der Waals surface area (Å²) in [6, 6.07) is 1.70. The molecule has 1 aliphatic rings. The maximum absolute atomic E-state index is 12.1. The van der Waals surface area contributed by atoms with Gasteiger partial charge in [-0.05, 0) is 48.3 Å². The molecule has 0 saturated heterocycles. The molecule has 2 heterocycles. The van der Waals surface area contributed by atoms with Crippen LogP contribution in [0.2, 0.25) is 0 Å². The lowest BCUT2D eigenvalue weighted by atomic mass is 10.1. The van der Waals surface area contributed by atoms with Gasteiger partial charge in [0.15, 0.2) is 0 Å². The van der Waals surface area contributed by atoms with Crippen molar-refractivity contribution >= 4 is 28.0 Å². The Kier molecular flexibility index (Phi) is 4.22. The minimum Gasteiger partial charge on any atom is -0.465 e. The highest BCUT2D eigenvalue weighted by atomic mass is 79.9. The smallest absolute Gasteiger partial charge is 0.410 e. The number of ether oxygens (including phenoxy) is 2. The van der Waals surface area contributed by atoms with Crippen molar-refractivity contribution in [3.8, 4) is 0 Å². The van der Waals surface area contributed by atoms with Gasteiger partial charge in [0, 0.05) is 0 Å². The highest BCUT2D eigenvalue weighted by Crippen LogP contribution is 2.27. The second-order valence-electron chi connectivity index (χ2n) is 5.76. The van der Waals surface area contributed by atoms with Crippen molar-refractivity contribution in [3.05, 3.63) is 27.5 Å². The van der Waals surface area contributed by atoms with Gasteiger partial charge >= 0.3 is 12.1 Å². The number of hydrogen-bond donors (Lipinski definition) is 0. The van der Waals surface area contributed by atoms with Crippen LogP contribution in [0.15, 0.2) is 10.7 Å². The second kappa shape index (κ2) is 5.63. The van der Waals surface area contributed by atoms with E-state index in [4.69, 9.17) is 9.47 Å². The summed E-state index contributed by atoms with van der Waals surface area (Å²) in [5.41, 5.74) is 1.38. The molecule has 0 N–H and O–H groups in total. The fraction of sp³-hybridized carbons (Fsp3) is 0.500. The normalized spacial score (nSPS) is 13.9. The lowest BCUT2D eigenvalue weighted by molar-refractivity contribution is 0.0240.